The molecule has 8 rings (SSSR count). The highest BCUT2D eigenvalue weighted by atomic mass is 35.5. The first-order valence-electron chi connectivity index (χ1n) is 10.7. The molecule has 2 aromatic heterocycles. The van der Waals surface area contributed by atoms with E-state index in [2.05, 4.69) is 66.7 Å². The first-order valence-corrected chi connectivity index (χ1v) is 11.1. The van der Waals surface area contributed by atoms with Crippen molar-refractivity contribution in [3.05, 3.63) is 118 Å². The van der Waals surface area contributed by atoms with Crippen molar-refractivity contribution in [1.29, 1.82) is 0 Å². The van der Waals surface area contributed by atoms with E-state index in [1.807, 2.05) is 24.3 Å². The van der Waals surface area contributed by atoms with Crippen molar-refractivity contribution in [2.45, 2.75) is 5.41 Å². The summed E-state index contributed by atoms with van der Waals surface area (Å²) in [5.41, 5.74) is 8.51. The molecule has 0 fully saturated rings. The van der Waals surface area contributed by atoms with E-state index in [9.17, 15) is 0 Å². The average molecular weight is 431 g/mol. The van der Waals surface area contributed by atoms with Gasteiger partial charge in [0.1, 0.15) is 22.7 Å². The summed E-state index contributed by atoms with van der Waals surface area (Å²) in [6.07, 6.45) is 0. The van der Waals surface area contributed by atoms with Gasteiger partial charge >= 0.3 is 0 Å². The maximum atomic E-state index is 6.57. The number of halogens is 1. The standard InChI is InChI=1S/C29H15ClO2/c30-16-9-10-27-23(13-16)29(21-7-3-1-5-17(21)18-6-2-4-8-22(18)29)24-14-19-20(15-28(24)32-27)26-12-11-25(19)31-26/h1-15H. The zero-order chi connectivity index (χ0) is 21.0. The van der Waals surface area contributed by atoms with Gasteiger partial charge in [0.05, 0.1) is 5.41 Å². The van der Waals surface area contributed by atoms with Crippen LogP contribution in [0.5, 0.6) is 11.5 Å². The zero-order valence-corrected chi connectivity index (χ0v) is 17.6. The number of rotatable bonds is 0. The number of hydrogen-bond donors (Lipinski definition) is 0. The summed E-state index contributed by atoms with van der Waals surface area (Å²) in [6.45, 7) is 0. The normalized spacial score (nSPS) is 14.9. The van der Waals surface area contributed by atoms with Gasteiger partial charge in [-0.15, -0.1) is 0 Å². The van der Waals surface area contributed by atoms with Crippen molar-refractivity contribution in [3.63, 3.8) is 0 Å². The molecule has 1 aliphatic heterocycles. The van der Waals surface area contributed by atoms with Gasteiger partial charge in [0.2, 0.25) is 0 Å². The lowest BCUT2D eigenvalue weighted by molar-refractivity contribution is 0.437. The van der Waals surface area contributed by atoms with E-state index >= 15 is 0 Å². The van der Waals surface area contributed by atoms with Crippen LogP contribution >= 0.6 is 11.6 Å². The van der Waals surface area contributed by atoms with Crippen molar-refractivity contribution in [3.8, 4) is 22.6 Å². The second-order valence-electron chi connectivity index (χ2n) is 8.64. The lowest BCUT2D eigenvalue weighted by atomic mass is 9.66. The Morgan fingerprint density at radius 2 is 1.19 bits per heavy atom. The molecule has 0 saturated carbocycles. The molecule has 2 nitrogen and oxygen atoms in total. The quantitative estimate of drug-likeness (QED) is 0.242. The van der Waals surface area contributed by atoms with Crippen molar-refractivity contribution in [2.24, 2.45) is 0 Å². The largest absolute Gasteiger partial charge is 0.457 e. The van der Waals surface area contributed by atoms with Gasteiger partial charge in [-0.1, -0.05) is 60.1 Å². The Balaban J connectivity index is 1.62. The number of furan rings is 2. The molecule has 0 radical (unpaired) electrons. The van der Waals surface area contributed by atoms with Crippen LogP contribution in [0.15, 0.2) is 95.4 Å². The minimum Gasteiger partial charge on any atom is -0.457 e. The Hall–Kier alpha value is -3.75. The first kappa shape index (κ1) is 16.9. The van der Waals surface area contributed by atoms with Crippen LogP contribution in [0.25, 0.3) is 33.1 Å². The number of ether oxygens (including phenoxy) is 1. The molecule has 0 saturated heterocycles. The fraction of sp³-hybridized carbons (Fsp3) is 0.0345. The van der Waals surface area contributed by atoms with Crippen molar-refractivity contribution in [1.82, 2.24) is 0 Å². The van der Waals surface area contributed by atoms with Crippen LogP contribution in [0.1, 0.15) is 22.3 Å². The summed E-state index contributed by atoms with van der Waals surface area (Å²) in [5.74, 6) is 1.70. The van der Waals surface area contributed by atoms with Gasteiger partial charge in [-0.2, -0.15) is 0 Å². The monoisotopic (exact) mass is 430 g/mol. The summed E-state index contributed by atoms with van der Waals surface area (Å²) in [6, 6.07) is 31.8. The highest BCUT2D eigenvalue weighted by molar-refractivity contribution is 6.30. The number of hydrogen-bond acceptors (Lipinski definition) is 2. The molecule has 0 unspecified atom stereocenters. The van der Waals surface area contributed by atoms with Gasteiger partial charge in [0.15, 0.2) is 0 Å². The van der Waals surface area contributed by atoms with E-state index in [0.717, 1.165) is 44.6 Å². The summed E-state index contributed by atoms with van der Waals surface area (Å²) >= 11 is 6.57. The van der Waals surface area contributed by atoms with Crippen LogP contribution in [0, 0.1) is 0 Å². The maximum Gasteiger partial charge on any atom is 0.135 e. The second-order valence-corrected chi connectivity index (χ2v) is 9.08. The fourth-order valence-corrected chi connectivity index (χ4v) is 6.13. The molecule has 150 valence electrons. The zero-order valence-electron chi connectivity index (χ0n) is 16.9. The van der Waals surface area contributed by atoms with Gasteiger partial charge in [-0.3, -0.25) is 0 Å². The van der Waals surface area contributed by atoms with Crippen LogP contribution in [0.2, 0.25) is 5.02 Å². The molecule has 0 atom stereocenters. The molecule has 1 aliphatic carbocycles. The molecule has 1 spiro atoms. The van der Waals surface area contributed by atoms with Crippen molar-refractivity contribution in [2.75, 3.05) is 0 Å². The van der Waals surface area contributed by atoms with Crippen LogP contribution in [-0.4, -0.2) is 0 Å². The third kappa shape index (κ3) is 1.81. The SMILES string of the molecule is Clc1ccc2c(c1)C1(c3cc4c5ccc(o5)c4cc3O2)c2ccccc2-c2ccccc21. The minimum absolute atomic E-state index is 0.507. The average Bonchev–Trinajstić information content (AvgIpc) is 3.51. The van der Waals surface area contributed by atoms with Crippen LogP contribution in [-0.2, 0) is 5.41 Å². The van der Waals surface area contributed by atoms with E-state index in [-0.39, 0.29) is 0 Å². The molecule has 0 N–H and O–H groups in total. The Kier molecular flexibility index (Phi) is 2.92. The smallest absolute Gasteiger partial charge is 0.135 e. The van der Waals surface area contributed by atoms with Crippen LogP contribution < -0.4 is 4.74 Å². The summed E-state index contributed by atoms with van der Waals surface area (Å²) < 4.78 is 12.5. The van der Waals surface area contributed by atoms with E-state index in [1.165, 1.54) is 22.3 Å². The Labute approximate surface area is 189 Å². The molecule has 4 aromatic carbocycles. The van der Waals surface area contributed by atoms with Gasteiger partial charge in [0.25, 0.3) is 0 Å². The van der Waals surface area contributed by atoms with Crippen LogP contribution in [0.4, 0.5) is 0 Å². The Morgan fingerprint density at radius 3 is 1.91 bits per heavy atom. The highest BCUT2D eigenvalue weighted by Crippen LogP contribution is 2.62. The van der Waals surface area contributed by atoms with Gasteiger partial charge in [0, 0.05) is 26.9 Å². The fourth-order valence-electron chi connectivity index (χ4n) is 5.96. The molecule has 2 aliphatic rings. The minimum atomic E-state index is -0.507. The summed E-state index contributed by atoms with van der Waals surface area (Å²) in [5, 5.41) is 2.92. The highest BCUT2D eigenvalue weighted by Gasteiger charge is 2.51. The van der Waals surface area contributed by atoms with Gasteiger partial charge in [-0.05, 0) is 64.7 Å². The first-order chi connectivity index (χ1) is 15.7. The maximum absolute atomic E-state index is 6.57. The summed E-state index contributed by atoms with van der Waals surface area (Å²) in [7, 11) is 0. The van der Waals surface area contributed by atoms with E-state index in [4.69, 9.17) is 20.8 Å². The number of benzene rings is 5. The molecule has 3 heteroatoms. The third-order valence-electron chi connectivity index (χ3n) is 7.18. The molecule has 0 amide bonds. The lowest BCUT2D eigenvalue weighted by Gasteiger charge is -2.39. The van der Waals surface area contributed by atoms with Crippen molar-refractivity contribution >= 4 is 33.5 Å². The molecule has 32 heavy (non-hydrogen) atoms. The Bertz CT molecular complexity index is 1680. The molecule has 3 heterocycles. The molecular weight excluding hydrogens is 416 g/mol. The van der Waals surface area contributed by atoms with E-state index in [0.29, 0.717) is 5.02 Å². The van der Waals surface area contributed by atoms with E-state index in [1.54, 1.807) is 0 Å². The van der Waals surface area contributed by atoms with Gasteiger partial charge < -0.3 is 9.15 Å². The number of fused-ring (bicyclic) bond motifs is 14. The second kappa shape index (κ2) is 5.53. The predicted octanol–water partition coefficient (Wildman–Crippen LogP) is 8.15. The predicted molar refractivity (Wildman–Crippen MR) is 127 cm³/mol. The van der Waals surface area contributed by atoms with E-state index < -0.39 is 5.41 Å². The van der Waals surface area contributed by atoms with Crippen LogP contribution in [0.3, 0.4) is 0 Å². The molecule has 6 aromatic rings. The van der Waals surface area contributed by atoms with Crippen molar-refractivity contribution < 1.29 is 9.15 Å². The third-order valence-corrected chi connectivity index (χ3v) is 7.41. The topological polar surface area (TPSA) is 22.4 Å². The van der Waals surface area contributed by atoms with Gasteiger partial charge in [-0.25, -0.2) is 0 Å². The Morgan fingerprint density at radius 1 is 0.562 bits per heavy atom. The summed E-state index contributed by atoms with van der Waals surface area (Å²) in [4.78, 5) is 0. The lowest BCUT2D eigenvalue weighted by Crippen LogP contribution is -2.32. The molecule has 2 bridgehead atoms. The molecular formula is C29H15ClO2.